The van der Waals surface area contributed by atoms with Crippen molar-refractivity contribution in [2.75, 3.05) is 20.8 Å². The van der Waals surface area contributed by atoms with Crippen molar-refractivity contribution in [1.82, 2.24) is 5.32 Å². The van der Waals surface area contributed by atoms with Crippen LogP contribution in [0.25, 0.3) is 0 Å². The molecule has 0 unspecified atom stereocenters. The Balaban J connectivity index is 1.96. The SMILES string of the molecule is CNCc1cccc(C)c1OCCc1ccc(OC)cc1. The van der Waals surface area contributed by atoms with Crippen molar-refractivity contribution in [2.24, 2.45) is 0 Å². The molecule has 0 fully saturated rings. The first-order valence-corrected chi connectivity index (χ1v) is 7.23. The van der Waals surface area contributed by atoms with Gasteiger partial charge in [0.25, 0.3) is 0 Å². The molecule has 0 heterocycles. The number of methoxy groups -OCH3 is 1. The fraction of sp³-hybridized carbons (Fsp3) is 0.333. The molecule has 0 saturated heterocycles. The summed E-state index contributed by atoms with van der Waals surface area (Å²) in [5.74, 6) is 1.88. The highest BCUT2D eigenvalue weighted by atomic mass is 16.5. The number of para-hydroxylation sites is 1. The summed E-state index contributed by atoms with van der Waals surface area (Å²) in [6.45, 7) is 3.58. The van der Waals surface area contributed by atoms with Gasteiger partial charge in [0, 0.05) is 18.5 Å². The van der Waals surface area contributed by atoms with Crippen LogP contribution in [0, 0.1) is 6.92 Å². The van der Waals surface area contributed by atoms with Crippen LogP contribution in [0.5, 0.6) is 11.5 Å². The van der Waals surface area contributed by atoms with Crippen molar-refractivity contribution in [3.63, 3.8) is 0 Å². The summed E-state index contributed by atoms with van der Waals surface area (Å²) < 4.78 is 11.2. The second-order valence-electron chi connectivity index (χ2n) is 5.04. The van der Waals surface area contributed by atoms with Gasteiger partial charge in [-0.2, -0.15) is 0 Å². The summed E-state index contributed by atoms with van der Waals surface area (Å²) in [7, 11) is 3.63. The zero-order chi connectivity index (χ0) is 15.1. The number of rotatable bonds is 7. The van der Waals surface area contributed by atoms with Crippen molar-refractivity contribution < 1.29 is 9.47 Å². The number of hydrogen-bond donors (Lipinski definition) is 1. The number of ether oxygens (including phenoxy) is 2. The molecule has 0 atom stereocenters. The van der Waals surface area contributed by atoms with Crippen LogP contribution in [0.15, 0.2) is 42.5 Å². The van der Waals surface area contributed by atoms with Gasteiger partial charge in [0.2, 0.25) is 0 Å². The molecule has 0 aromatic heterocycles. The van der Waals surface area contributed by atoms with Crippen LogP contribution in [0.2, 0.25) is 0 Å². The Morgan fingerprint density at radius 3 is 2.48 bits per heavy atom. The lowest BCUT2D eigenvalue weighted by Gasteiger charge is -2.14. The molecule has 0 bridgehead atoms. The van der Waals surface area contributed by atoms with E-state index in [-0.39, 0.29) is 0 Å². The third-order valence-electron chi connectivity index (χ3n) is 3.46. The first-order chi connectivity index (χ1) is 10.2. The van der Waals surface area contributed by atoms with Gasteiger partial charge in [0.1, 0.15) is 11.5 Å². The van der Waals surface area contributed by atoms with E-state index in [1.807, 2.05) is 19.2 Å². The van der Waals surface area contributed by atoms with Gasteiger partial charge >= 0.3 is 0 Å². The van der Waals surface area contributed by atoms with Gasteiger partial charge in [0.15, 0.2) is 0 Å². The Hall–Kier alpha value is -2.00. The van der Waals surface area contributed by atoms with Crippen molar-refractivity contribution in [2.45, 2.75) is 19.9 Å². The Morgan fingerprint density at radius 2 is 1.81 bits per heavy atom. The molecule has 112 valence electrons. The first kappa shape index (κ1) is 15.4. The van der Waals surface area contributed by atoms with E-state index in [0.29, 0.717) is 6.61 Å². The molecule has 3 nitrogen and oxygen atoms in total. The Kier molecular flexibility index (Phi) is 5.64. The van der Waals surface area contributed by atoms with Crippen molar-refractivity contribution in [3.05, 3.63) is 59.2 Å². The molecular formula is C18H23NO2. The highest BCUT2D eigenvalue weighted by Crippen LogP contribution is 2.23. The molecule has 0 amide bonds. The first-order valence-electron chi connectivity index (χ1n) is 7.23. The Labute approximate surface area is 126 Å². The maximum atomic E-state index is 6.01. The Bertz CT molecular complexity index is 564. The molecule has 2 aromatic rings. The maximum Gasteiger partial charge on any atom is 0.126 e. The van der Waals surface area contributed by atoms with Crippen molar-refractivity contribution >= 4 is 0 Å². The molecule has 0 aliphatic heterocycles. The average Bonchev–Trinajstić information content (AvgIpc) is 2.51. The normalized spacial score (nSPS) is 10.4. The molecule has 0 aliphatic rings. The van der Waals surface area contributed by atoms with Gasteiger partial charge < -0.3 is 14.8 Å². The van der Waals surface area contributed by atoms with Crippen LogP contribution >= 0.6 is 0 Å². The molecular weight excluding hydrogens is 262 g/mol. The second kappa shape index (κ2) is 7.70. The van der Waals surface area contributed by atoms with Gasteiger partial charge in [0.05, 0.1) is 13.7 Å². The maximum absolute atomic E-state index is 6.01. The third-order valence-corrected chi connectivity index (χ3v) is 3.46. The molecule has 0 radical (unpaired) electrons. The van der Waals surface area contributed by atoms with Crippen molar-refractivity contribution in [3.8, 4) is 11.5 Å². The van der Waals surface area contributed by atoms with Crippen LogP contribution in [0.4, 0.5) is 0 Å². The minimum atomic E-state index is 0.675. The number of aryl methyl sites for hydroxylation is 1. The second-order valence-corrected chi connectivity index (χ2v) is 5.04. The van der Waals surface area contributed by atoms with E-state index in [1.165, 1.54) is 16.7 Å². The molecule has 0 aliphatic carbocycles. The van der Waals surface area contributed by atoms with E-state index >= 15 is 0 Å². The standard InChI is InChI=1S/C18H23NO2/c1-14-5-4-6-16(13-19-2)18(14)21-12-11-15-7-9-17(20-3)10-8-15/h4-10,19H,11-13H2,1-3H3. The molecule has 1 N–H and O–H groups in total. The summed E-state index contributed by atoms with van der Waals surface area (Å²) in [5.41, 5.74) is 3.63. The smallest absolute Gasteiger partial charge is 0.126 e. The molecule has 2 aromatic carbocycles. The van der Waals surface area contributed by atoms with Crippen LogP contribution in [-0.2, 0) is 13.0 Å². The zero-order valence-corrected chi connectivity index (χ0v) is 13.0. The number of hydrogen-bond acceptors (Lipinski definition) is 3. The van der Waals surface area contributed by atoms with Crippen LogP contribution in [0.3, 0.4) is 0 Å². The predicted molar refractivity (Wildman–Crippen MR) is 86.1 cm³/mol. The summed E-state index contributed by atoms with van der Waals surface area (Å²) in [5, 5.41) is 3.18. The molecule has 2 rings (SSSR count). The Morgan fingerprint density at radius 1 is 1.05 bits per heavy atom. The van der Waals surface area contributed by atoms with Gasteiger partial charge in [-0.05, 0) is 37.2 Å². The quantitative estimate of drug-likeness (QED) is 0.846. The lowest BCUT2D eigenvalue weighted by Crippen LogP contribution is -2.10. The fourth-order valence-corrected chi connectivity index (χ4v) is 2.31. The average molecular weight is 285 g/mol. The van der Waals surface area contributed by atoms with Crippen LogP contribution in [-0.4, -0.2) is 20.8 Å². The van der Waals surface area contributed by atoms with Crippen molar-refractivity contribution in [1.29, 1.82) is 0 Å². The van der Waals surface area contributed by atoms with Gasteiger partial charge in [-0.1, -0.05) is 30.3 Å². The van der Waals surface area contributed by atoms with Crippen LogP contribution in [0.1, 0.15) is 16.7 Å². The number of nitrogens with one attached hydrogen (secondary N) is 1. The highest BCUT2D eigenvalue weighted by Gasteiger charge is 2.06. The summed E-state index contributed by atoms with van der Waals surface area (Å²) in [4.78, 5) is 0. The lowest BCUT2D eigenvalue weighted by atomic mass is 10.1. The molecule has 21 heavy (non-hydrogen) atoms. The zero-order valence-electron chi connectivity index (χ0n) is 13.0. The van der Waals surface area contributed by atoms with E-state index in [4.69, 9.17) is 9.47 Å². The minimum absolute atomic E-state index is 0.675. The van der Waals surface area contributed by atoms with Gasteiger partial charge in [-0.25, -0.2) is 0 Å². The van der Waals surface area contributed by atoms with E-state index in [0.717, 1.165) is 24.5 Å². The van der Waals surface area contributed by atoms with E-state index in [2.05, 4.69) is 42.6 Å². The monoisotopic (exact) mass is 285 g/mol. The molecule has 0 saturated carbocycles. The summed E-state index contributed by atoms with van der Waals surface area (Å²) in [6.07, 6.45) is 0.886. The third kappa shape index (κ3) is 4.23. The highest BCUT2D eigenvalue weighted by molar-refractivity contribution is 5.40. The molecule has 3 heteroatoms. The summed E-state index contributed by atoms with van der Waals surface area (Å²) >= 11 is 0. The summed E-state index contributed by atoms with van der Waals surface area (Å²) in [6, 6.07) is 14.4. The largest absolute Gasteiger partial charge is 0.497 e. The fourth-order valence-electron chi connectivity index (χ4n) is 2.31. The van der Waals surface area contributed by atoms with Crippen LogP contribution < -0.4 is 14.8 Å². The molecule has 0 spiro atoms. The minimum Gasteiger partial charge on any atom is -0.497 e. The number of benzene rings is 2. The van der Waals surface area contributed by atoms with Gasteiger partial charge in [-0.15, -0.1) is 0 Å². The topological polar surface area (TPSA) is 30.5 Å². The van der Waals surface area contributed by atoms with Gasteiger partial charge in [-0.3, -0.25) is 0 Å². The predicted octanol–water partition coefficient (Wildman–Crippen LogP) is 3.34. The van der Waals surface area contributed by atoms with E-state index in [9.17, 15) is 0 Å². The van der Waals surface area contributed by atoms with E-state index in [1.54, 1.807) is 7.11 Å². The lowest BCUT2D eigenvalue weighted by molar-refractivity contribution is 0.315. The van der Waals surface area contributed by atoms with E-state index < -0.39 is 0 Å².